The molecule has 5 aromatic heterocycles. The zero-order valence-corrected chi connectivity index (χ0v) is 24.8. The molecule has 0 fully saturated rings. The van der Waals surface area contributed by atoms with Gasteiger partial charge in [-0.1, -0.05) is 18.2 Å². The maximum Gasteiger partial charge on any atom is 0.433 e. The van der Waals surface area contributed by atoms with Gasteiger partial charge in [-0.3, -0.25) is 19.0 Å². The van der Waals surface area contributed by atoms with Gasteiger partial charge in [0, 0.05) is 47.4 Å². The van der Waals surface area contributed by atoms with E-state index in [9.17, 15) is 22.8 Å². The Morgan fingerprint density at radius 3 is 2.45 bits per heavy atom. The van der Waals surface area contributed by atoms with Gasteiger partial charge in [0.1, 0.15) is 15.4 Å². The number of halogens is 3. The first-order chi connectivity index (χ1) is 20.9. The average Bonchev–Trinajstić information content (AvgIpc) is 3.65. The fraction of sp³-hybridized carbons (Fsp3) is 0.200. The number of nitrogens with one attached hydrogen (secondary N) is 1. The molecule has 3 N–H and O–H groups in total. The molecule has 14 heteroatoms. The molecule has 0 aliphatic rings. The highest BCUT2D eigenvalue weighted by atomic mass is 32.1. The van der Waals surface area contributed by atoms with Crippen LogP contribution in [0.25, 0.3) is 43.5 Å². The van der Waals surface area contributed by atoms with Gasteiger partial charge in [0.2, 0.25) is 0 Å². The van der Waals surface area contributed by atoms with Crippen LogP contribution in [0.4, 0.5) is 18.9 Å². The van der Waals surface area contributed by atoms with E-state index in [-0.39, 0.29) is 31.9 Å². The minimum absolute atomic E-state index is 0.0256. The van der Waals surface area contributed by atoms with Crippen molar-refractivity contribution in [1.82, 2.24) is 29.5 Å². The third-order valence-corrected chi connectivity index (χ3v) is 8.46. The van der Waals surface area contributed by atoms with Crippen LogP contribution in [0.15, 0.2) is 48.8 Å². The zero-order valence-electron chi connectivity index (χ0n) is 23.9. The number of para-hydroxylation sites is 1. The van der Waals surface area contributed by atoms with Crippen LogP contribution in [0.2, 0.25) is 0 Å². The Bertz CT molecular complexity index is 2130. The van der Waals surface area contributed by atoms with E-state index in [4.69, 9.17) is 10.7 Å². The summed E-state index contributed by atoms with van der Waals surface area (Å²) in [5.74, 6) is -1.53. The quantitative estimate of drug-likeness (QED) is 0.231. The number of alkyl halides is 3. The summed E-state index contributed by atoms with van der Waals surface area (Å²) < 4.78 is 45.2. The second kappa shape index (κ2) is 10.6. The van der Waals surface area contributed by atoms with E-state index >= 15 is 0 Å². The maximum atomic E-state index is 14.1. The lowest BCUT2D eigenvalue weighted by Crippen LogP contribution is -2.17. The number of nitrogens with two attached hydrogens (primary N) is 1. The highest BCUT2D eigenvalue weighted by molar-refractivity contribution is 7.21. The number of aryl methyl sites for hydroxylation is 3. The summed E-state index contributed by atoms with van der Waals surface area (Å²) >= 11 is 0.684. The largest absolute Gasteiger partial charge is 0.433 e. The van der Waals surface area contributed by atoms with E-state index in [1.165, 1.54) is 6.20 Å². The van der Waals surface area contributed by atoms with Gasteiger partial charge in [0.05, 0.1) is 34.4 Å². The highest BCUT2D eigenvalue weighted by Crippen LogP contribution is 2.44. The Balaban J connectivity index is 1.58. The number of carbonyl (C=O) groups excluding carboxylic acids is 2. The van der Waals surface area contributed by atoms with Crippen molar-refractivity contribution >= 4 is 50.0 Å². The summed E-state index contributed by atoms with van der Waals surface area (Å²) in [4.78, 5) is 35.1. The Hall–Kier alpha value is -5.11. The molecule has 10 nitrogen and oxygen atoms in total. The predicted molar refractivity (Wildman–Crippen MR) is 161 cm³/mol. The van der Waals surface area contributed by atoms with Crippen molar-refractivity contribution in [1.29, 1.82) is 0 Å². The number of fused-ring (bicyclic) bond motifs is 2. The van der Waals surface area contributed by atoms with Crippen molar-refractivity contribution in [2.45, 2.75) is 33.5 Å². The molecule has 0 radical (unpaired) electrons. The van der Waals surface area contributed by atoms with Crippen LogP contribution in [0.3, 0.4) is 0 Å². The third-order valence-electron chi connectivity index (χ3n) is 7.36. The molecule has 6 aromatic rings. The first kappa shape index (κ1) is 29.0. The van der Waals surface area contributed by atoms with E-state index < -0.39 is 23.7 Å². The summed E-state index contributed by atoms with van der Waals surface area (Å²) in [6, 6.07) is 9.60. The molecule has 0 bridgehead atoms. The number of rotatable bonds is 6. The second-order valence-electron chi connectivity index (χ2n) is 10.2. The third kappa shape index (κ3) is 4.86. The molecule has 2 amide bonds. The minimum atomic E-state index is -4.77. The van der Waals surface area contributed by atoms with Crippen LogP contribution in [0.1, 0.15) is 44.0 Å². The van der Waals surface area contributed by atoms with Crippen LogP contribution < -0.4 is 11.1 Å². The monoisotopic (exact) mass is 618 g/mol. The molecule has 0 atom stereocenters. The van der Waals surface area contributed by atoms with Crippen LogP contribution in [0.5, 0.6) is 0 Å². The number of hydrogen-bond acceptors (Lipinski definition) is 7. The number of pyridine rings is 2. The number of thiophene rings is 1. The molecule has 6 rings (SSSR count). The van der Waals surface area contributed by atoms with Crippen LogP contribution >= 0.6 is 11.3 Å². The molecule has 44 heavy (non-hydrogen) atoms. The molecule has 0 unspecified atom stereocenters. The van der Waals surface area contributed by atoms with E-state index in [0.29, 0.717) is 51.4 Å². The molecule has 5 heterocycles. The fourth-order valence-corrected chi connectivity index (χ4v) is 6.32. The Kier molecular flexibility index (Phi) is 6.95. The Morgan fingerprint density at radius 2 is 1.82 bits per heavy atom. The van der Waals surface area contributed by atoms with Crippen LogP contribution in [-0.2, 0) is 19.8 Å². The van der Waals surface area contributed by atoms with Gasteiger partial charge in [0.25, 0.3) is 11.8 Å². The summed E-state index contributed by atoms with van der Waals surface area (Å²) in [6.45, 7) is 5.90. The lowest BCUT2D eigenvalue weighted by atomic mass is 10.0. The van der Waals surface area contributed by atoms with E-state index in [1.54, 1.807) is 59.9 Å². The number of benzene rings is 1. The molecular weight excluding hydrogens is 593 g/mol. The number of hydrogen-bond donors (Lipinski definition) is 2. The molecule has 0 aliphatic carbocycles. The SMILES string of the molecule is CCn1ncc(-c2cc(C(F)(F)F)nc3sc(C(N)=O)c(NC(=O)c4cc(-c5cn(C)nc5C)nc5ccccc45)c23)c1C. The molecular formula is C30H25F3N8O2S. The van der Waals surface area contributed by atoms with Gasteiger partial charge in [-0.05, 0) is 44.5 Å². The van der Waals surface area contributed by atoms with Crippen molar-refractivity contribution in [3.05, 3.63) is 76.3 Å². The lowest BCUT2D eigenvalue weighted by Gasteiger charge is -2.13. The number of anilines is 1. The molecule has 1 aromatic carbocycles. The van der Waals surface area contributed by atoms with Gasteiger partial charge in [0.15, 0.2) is 0 Å². The Labute approximate surface area is 252 Å². The van der Waals surface area contributed by atoms with E-state index in [1.807, 2.05) is 13.8 Å². The van der Waals surface area contributed by atoms with Crippen LogP contribution in [-0.4, -0.2) is 41.3 Å². The molecule has 0 aliphatic heterocycles. The first-order valence-electron chi connectivity index (χ1n) is 13.5. The normalized spacial score (nSPS) is 11.9. The molecule has 0 saturated heterocycles. The standard InChI is InChI=1S/C30H25F3N8O2S/c1-5-41-15(3)19(12-35-41)17-11-23(30(31,32)33)37-29-24(17)25(26(44-29)27(34)42)38-28(43)18-10-22(20-13-40(4)39-14(20)2)36-21-9-7-6-8-16(18)21/h6-13H,5H2,1-4H3,(H2,34,42)(H,38,43). The minimum Gasteiger partial charge on any atom is -0.365 e. The molecule has 0 saturated carbocycles. The van der Waals surface area contributed by atoms with Gasteiger partial charge in [-0.15, -0.1) is 11.3 Å². The number of aromatic nitrogens is 6. The van der Waals surface area contributed by atoms with Crippen molar-refractivity contribution in [3.8, 4) is 22.4 Å². The van der Waals surface area contributed by atoms with Gasteiger partial charge >= 0.3 is 6.18 Å². The highest BCUT2D eigenvalue weighted by Gasteiger charge is 2.35. The Morgan fingerprint density at radius 1 is 1.07 bits per heavy atom. The van der Waals surface area contributed by atoms with E-state index in [2.05, 4.69) is 20.5 Å². The zero-order chi connectivity index (χ0) is 31.5. The summed E-state index contributed by atoms with van der Waals surface area (Å²) in [5, 5.41) is 12.2. The number of amides is 2. The summed E-state index contributed by atoms with van der Waals surface area (Å²) in [6.07, 6.45) is -1.52. The van der Waals surface area contributed by atoms with E-state index in [0.717, 1.165) is 11.6 Å². The second-order valence-corrected chi connectivity index (χ2v) is 11.2. The first-order valence-corrected chi connectivity index (χ1v) is 14.3. The van der Waals surface area contributed by atoms with Gasteiger partial charge < -0.3 is 11.1 Å². The topological polar surface area (TPSA) is 134 Å². The molecule has 0 spiro atoms. The summed E-state index contributed by atoms with van der Waals surface area (Å²) in [5.41, 5.74) is 8.38. The van der Waals surface area contributed by atoms with Crippen molar-refractivity contribution in [2.75, 3.05) is 5.32 Å². The number of carbonyl (C=O) groups is 2. The summed E-state index contributed by atoms with van der Waals surface area (Å²) in [7, 11) is 1.78. The van der Waals surface area contributed by atoms with Crippen molar-refractivity contribution < 1.29 is 22.8 Å². The maximum absolute atomic E-state index is 14.1. The van der Waals surface area contributed by atoms with Gasteiger partial charge in [-0.25, -0.2) is 9.97 Å². The number of nitrogens with zero attached hydrogens (tertiary/aromatic N) is 6. The molecule has 224 valence electrons. The van der Waals surface area contributed by atoms with Crippen LogP contribution in [0, 0.1) is 13.8 Å². The average molecular weight is 619 g/mol. The predicted octanol–water partition coefficient (Wildman–Crippen LogP) is 6.12. The lowest BCUT2D eigenvalue weighted by molar-refractivity contribution is -0.140. The smallest absolute Gasteiger partial charge is 0.365 e. The van der Waals surface area contributed by atoms with Gasteiger partial charge in [-0.2, -0.15) is 23.4 Å². The van der Waals surface area contributed by atoms with Crippen molar-refractivity contribution in [2.24, 2.45) is 12.8 Å². The van der Waals surface area contributed by atoms with Crippen molar-refractivity contribution in [3.63, 3.8) is 0 Å². The number of primary amides is 1. The fourth-order valence-electron chi connectivity index (χ4n) is 5.31.